The van der Waals surface area contributed by atoms with Crippen LogP contribution in [0.5, 0.6) is 0 Å². The molecule has 0 saturated carbocycles. The quantitative estimate of drug-likeness (QED) is 0.787. The number of hydrogen-bond acceptors (Lipinski definition) is 2. The van der Waals surface area contributed by atoms with Crippen LogP contribution in [-0.2, 0) is 16.0 Å². The summed E-state index contributed by atoms with van der Waals surface area (Å²) in [5.74, 6) is -1.21. The molecule has 0 aromatic heterocycles. The molecule has 0 aliphatic rings. The van der Waals surface area contributed by atoms with Crippen molar-refractivity contribution in [3.63, 3.8) is 0 Å². The number of hydrogen-bond donors (Lipinski definition) is 1. The zero-order valence-electron chi connectivity index (χ0n) is 12.8. The van der Waals surface area contributed by atoms with Crippen LogP contribution in [0.4, 0.5) is 0 Å². The number of carboxylic acid groups (broad SMARTS) is 1. The van der Waals surface area contributed by atoms with Crippen molar-refractivity contribution < 1.29 is 14.7 Å². The van der Waals surface area contributed by atoms with Gasteiger partial charge < -0.3 is 0 Å². The van der Waals surface area contributed by atoms with Crippen molar-refractivity contribution in [3.8, 4) is 0 Å². The molecule has 0 unspecified atom stereocenters. The Hall–Kier alpha value is -1.04. The molecule has 0 bridgehead atoms. The van der Waals surface area contributed by atoms with E-state index in [1.54, 1.807) is 0 Å². The average Bonchev–Trinajstić information content (AvgIpc) is 2.34. The Morgan fingerprint density at radius 1 is 1.20 bits per heavy atom. The van der Waals surface area contributed by atoms with Crippen molar-refractivity contribution in [1.82, 2.24) is 4.90 Å². The molecule has 0 fully saturated rings. The number of rotatable bonds is 5. The number of amides is 1. The minimum atomic E-state index is -2.06. The molecule has 4 nitrogen and oxygen atoms in total. The first-order valence-electron chi connectivity index (χ1n) is 6.68. The molecule has 0 saturated heterocycles. The number of aliphatic carboxylic acids is 1. The predicted octanol–water partition coefficient (Wildman–Crippen LogP) is 1.71. The van der Waals surface area contributed by atoms with Gasteiger partial charge >= 0.3 is 125 Å². The number of carbonyl (C=O) groups excluding carboxylic acids is 1. The molecular formula is C15H23NO3Sn. The zero-order valence-corrected chi connectivity index (χ0v) is 15.7. The van der Waals surface area contributed by atoms with Gasteiger partial charge in [0.15, 0.2) is 0 Å². The van der Waals surface area contributed by atoms with Gasteiger partial charge in [0.25, 0.3) is 0 Å². The van der Waals surface area contributed by atoms with Crippen LogP contribution in [0, 0.1) is 0 Å². The Balaban J connectivity index is 2.90. The van der Waals surface area contributed by atoms with E-state index < -0.39 is 30.4 Å². The van der Waals surface area contributed by atoms with Crippen molar-refractivity contribution in [1.29, 1.82) is 0 Å². The van der Waals surface area contributed by atoms with E-state index in [0.717, 1.165) is 5.56 Å². The molecule has 20 heavy (non-hydrogen) atoms. The Morgan fingerprint density at radius 3 is 2.05 bits per heavy atom. The van der Waals surface area contributed by atoms with Crippen LogP contribution in [0.1, 0.15) is 12.5 Å². The monoisotopic (exact) mass is 385 g/mol. The van der Waals surface area contributed by atoms with Gasteiger partial charge in [0.2, 0.25) is 0 Å². The van der Waals surface area contributed by atoms with Crippen molar-refractivity contribution in [3.05, 3.63) is 29.8 Å². The molecule has 0 aliphatic carbocycles. The van der Waals surface area contributed by atoms with E-state index in [2.05, 4.69) is 27.0 Å². The maximum atomic E-state index is 11.3. The summed E-state index contributed by atoms with van der Waals surface area (Å²) < 4.78 is 1.41. The Labute approximate surface area is 124 Å². The molecule has 0 spiro atoms. The van der Waals surface area contributed by atoms with Gasteiger partial charge in [-0.05, 0) is 0 Å². The number of nitrogens with zero attached hydrogens (tertiary/aromatic N) is 1. The average molecular weight is 384 g/mol. The Morgan fingerprint density at radius 2 is 1.70 bits per heavy atom. The number of carboxylic acids is 1. The Bertz CT molecular complexity index is 491. The topological polar surface area (TPSA) is 57.6 Å². The SMILES string of the molecule is CC(=O)N(C)[C@@H](Cc1cc[c]([Sn]([CH3])([CH3])[CH3])cc1)C(=O)O. The summed E-state index contributed by atoms with van der Waals surface area (Å²) in [5, 5.41) is 9.25. The standard InChI is InChI=1S/C12H14NO3.3CH3.Sn/c1-9(14)13(2)11(12(15)16)8-10-6-4-3-5-7-10;;;;/h4-7,11H,8H2,1-2H3,(H,15,16);3*1H3;/t11-;;;;/m0..../s1. The third-order valence-corrected chi connectivity index (χ3v) is 9.39. The van der Waals surface area contributed by atoms with E-state index in [4.69, 9.17) is 0 Å². The summed E-state index contributed by atoms with van der Waals surface area (Å²) in [6, 6.07) is 7.38. The molecule has 1 atom stereocenters. The van der Waals surface area contributed by atoms with Gasteiger partial charge in [0.1, 0.15) is 0 Å². The number of likely N-dealkylation sites (N-methyl/N-ethyl adjacent to an activating group) is 1. The maximum absolute atomic E-state index is 11.3. The van der Waals surface area contributed by atoms with E-state index in [-0.39, 0.29) is 5.91 Å². The van der Waals surface area contributed by atoms with Gasteiger partial charge in [-0.3, -0.25) is 0 Å². The fourth-order valence-electron chi connectivity index (χ4n) is 1.97. The van der Waals surface area contributed by atoms with E-state index in [1.807, 2.05) is 12.1 Å². The normalized spacial score (nSPS) is 12.8. The van der Waals surface area contributed by atoms with Gasteiger partial charge in [-0.1, -0.05) is 0 Å². The van der Waals surface area contributed by atoms with Crippen molar-refractivity contribution in [2.45, 2.75) is 34.2 Å². The summed E-state index contributed by atoms with van der Waals surface area (Å²) in [4.78, 5) is 30.9. The van der Waals surface area contributed by atoms with Gasteiger partial charge in [0, 0.05) is 0 Å². The van der Waals surface area contributed by atoms with Crippen LogP contribution >= 0.6 is 0 Å². The first kappa shape index (κ1) is 17.0. The van der Waals surface area contributed by atoms with Gasteiger partial charge in [-0.15, -0.1) is 0 Å². The third-order valence-electron chi connectivity index (χ3n) is 3.50. The third kappa shape index (κ3) is 4.51. The molecule has 1 aromatic rings. The van der Waals surface area contributed by atoms with Gasteiger partial charge in [-0.2, -0.15) is 0 Å². The molecule has 1 amide bonds. The van der Waals surface area contributed by atoms with Crippen molar-refractivity contribution in [2.75, 3.05) is 7.05 Å². The number of benzene rings is 1. The van der Waals surface area contributed by atoms with Crippen LogP contribution in [0.2, 0.25) is 14.8 Å². The predicted molar refractivity (Wildman–Crippen MR) is 83.0 cm³/mol. The van der Waals surface area contributed by atoms with Crippen LogP contribution < -0.4 is 3.58 Å². The molecule has 1 N–H and O–H groups in total. The van der Waals surface area contributed by atoms with Crippen molar-refractivity contribution in [2.24, 2.45) is 0 Å². The summed E-state index contributed by atoms with van der Waals surface area (Å²) >= 11 is -2.06. The van der Waals surface area contributed by atoms with Crippen LogP contribution in [0.25, 0.3) is 0 Å². The molecule has 5 heteroatoms. The first-order valence-corrected chi connectivity index (χ1v) is 16.7. The first-order chi connectivity index (χ1) is 9.12. The molecule has 0 heterocycles. The number of carbonyl (C=O) groups is 2. The second kappa shape index (κ2) is 6.61. The van der Waals surface area contributed by atoms with Gasteiger partial charge in [-0.25, -0.2) is 0 Å². The molecular weight excluding hydrogens is 361 g/mol. The minimum absolute atomic E-state index is 0.236. The fraction of sp³-hybridized carbons (Fsp3) is 0.467. The van der Waals surface area contributed by atoms with E-state index in [1.165, 1.54) is 22.5 Å². The fourth-order valence-corrected chi connectivity index (χ4v) is 5.30. The second-order valence-electron chi connectivity index (χ2n) is 6.14. The molecule has 110 valence electrons. The van der Waals surface area contributed by atoms with Crippen LogP contribution in [0.15, 0.2) is 24.3 Å². The van der Waals surface area contributed by atoms with Crippen molar-refractivity contribution >= 4 is 33.8 Å². The van der Waals surface area contributed by atoms with E-state index in [0.29, 0.717) is 6.42 Å². The van der Waals surface area contributed by atoms with Gasteiger partial charge in [0.05, 0.1) is 0 Å². The molecule has 0 aliphatic heterocycles. The second-order valence-corrected chi connectivity index (χ2v) is 20.6. The van der Waals surface area contributed by atoms with Crippen LogP contribution in [-0.4, -0.2) is 53.3 Å². The van der Waals surface area contributed by atoms with E-state index in [9.17, 15) is 14.7 Å². The molecule has 1 rings (SSSR count). The summed E-state index contributed by atoms with van der Waals surface area (Å²) in [6.07, 6.45) is 0.339. The van der Waals surface area contributed by atoms with E-state index >= 15 is 0 Å². The summed E-state index contributed by atoms with van der Waals surface area (Å²) in [6.45, 7) is 1.38. The summed E-state index contributed by atoms with van der Waals surface area (Å²) in [7, 11) is 1.53. The Kier molecular flexibility index (Phi) is 5.62. The zero-order chi connectivity index (χ0) is 15.5. The summed E-state index contributed by atoms with van der Waals surface area (Å²) in [5.41, 5.74) is 0.949. The van der Waals surface area contributed by atoms with Crippen LogP contribution in [0.3, 0.4) is 0 Å². The molecule has 1 aromatic carbocycles. The molecule has 0 radical (unpaired) electrons.